The van der Waals surface area contributed by atoms with Crippen LogP contribution in [-0.4, -0.2) is 42.8 Å². The minimum atomic E-state index is 0.176. The molecule has 20 heavy (non-hydrogen) atoms. The molecule has 0 radical (unpaired) electrons. The van der Waals surface area contributed by atoms with Crippen LogP contribution in [0.5, 0.6) is 11.5 Å². The second-order valence-electron chi connectivity index (χ2n) is 5.21. The number of ether oxygens (including phenoxy) is 1. The summed E-state index contributed by atoms with van der Waals surface area (Å²) in [6.07, 6.45) is 2.29. The van der Waals surface area contributed by atoms with Crippen molar-refractivity contribution in [3.8, 4) is 11.5 Å². The molecule has 0 aliphatic carbocycles. The van der Waals surface area contributed by atoms with Crippen LogP contribution in [0.1, 0.15) is 25.3 Å². The van der Waals surface area contributed by atoms with Crippen LogP contribution in [0.4, 0.5) is 0 Å². The van der Waals surface area contributed by atoms with Gasteiger partial charge in [0, 0.05) is 29.2 Å². The molecule has 1 aliphatic heterocycles. The van der Waals surface area contributed by atoms with Crippen molar-refractivity contribution in [2.75, 3.05) is 26.7 Å². The first-order chi connectivity index (χ1) is 9.63. The van der Waals surface area contributed by atoms with E-state index in [4.69, 9.17) is 16.3 Å². The van der Waals surface area contributed by atoms with Crippen molar-refractivity contribution in [1.29, 1.82) is 0 Å². The molecular formula is C15H23ClN2O2. The van der Waals surface area contributed by atoms with Crippen LogP contribution in [0.2, 0.25) is 5.02 Å². The van der Waals surface area contributed by atoms with E-state index in [1.54, 1.807) is 12.1 Å². The summed E-state index contributed by atoms with van der Waals surface area (Å²) in [5.41, 5.74) is 0.785. The number of hydrogen-bond donors (Lipinski definition) is 2. The molecule has 0 atom stereocenters. The van der Waals surface area contributed by atoms with E-state index in [2.05, 4.69) is 17.1 Å². The Kier molecular flexibility index (Phi) is 5.52. The van der Waals surface area contributed by atoms with Crippen LogP contribution >= 0.6 is 11.6 Å². The number of nitrogens with one attached hydrogen (secondary N) is 1. The lowest BCUT2D eigenvalue weighted by molar-refractivity contribution is 0.205. The average Bonchev–Trinajstić information content (AvgIpc) is 2.48. The number of rotatable bonds is 5. The van der Waals surface area contributed by atoms with Gasteiger partial charge in [-0.1, -0.05) is 18.5 Å². The van der Waals surface area contributed by atoms with Crippen molar-refractivity contribution >= 4 is 11.6 Å². The summed E-state index contributed by atoms with van der Waals surface area (Å²) in [6, 6.07) is 3.91. The quantitative estimate of drug-likeness (QED) is 0.877. The summed E-state index contributed by atoms with van der Waals surface area (Å²) in [4.78, 5) is 2.46. The van der Waals surface area contributed by atoms with E-state index in [0.717, 1.165) is 38.0 Å². The topological polar surface area (TPSA) is 44.7 Å². The Hall–Kier alpha value is -0.970. The summed E-state index contributed by atoms with van der Waals surface area (Å²) in [6.45, 7) is 6.21. The molecule has 5 heteroatoms. The van der Waals surface area contributed by atoms with Crippen molar-refractivity contribution in [3.63, 3.8) is 0 Å². The maximum Gasteiger partial charge on any atom is 0.162 e. The monoisotopic (exact) mass is 298 g/mol. The lowest BCUT2D eigenvalue weighted by Gasteiger charge is -2.31. The van der Waals surface area contributed by atoms with Gasteiger partial charge in [-0.15, -0.1) is 0 Å². The second-order valence-corrected chi connectivity index (χ2v) is 5.64. The number of methoxy groups -OCH3 is 1. The molecule has 1 aromatic carbocycles. The molecule has 0 aromatic heterocycles. The molecule has 0 bridgehead atoms. The SMILES string of the molecule is CCN1CCC(NCc2cc(Cl)cc(OC)c2O)CC1. The number of nitrogens with zero attached hydrogens (tertiary/aromatic N) is 1. The number of aromatic hydroxyl groups is 1. The predicted octanol–water partition coefficient (Wildman–Crippen LogP) is 2.63. The van der Waals surface area contributed by atoms with Gasteiger partial charge in [-0.3, -0.25) is 0 Å². The van der Waals surface area contributed by atoms with Gasteiger partial charge in [0.15, 0.2) is 11.5 Å². The maximum atomic E-state index is 10.1. The summed E-state index contributed by atoms with van der Waals surface area (Å²) >= 11 is 6.03. The largest absolute Gasteiger partial charge is 0.504 e. The summed E-state index contributed by atoms with van der Waals surface area (Å²) in [5, 5.41) is 14.2. The van der Waals surface area contributed by atoms with Gasteiger partial charge in [0.25, 0.3) is 0 Å². The van der Waals surface area contributed by atoms with E-state index in [1.165, 1.54) is 7.11 Å². The van der Waals surface area contributed by atoms with Gasteiger partial charge in [-0.25, -0.2) is 0 Å². The Labute approximate surface area is 125 Å². The Morgan fingerprint density at radius 2 is 2.10 bits per heavy atom. The minimum absolute atomic E-state index is 0.176. The molecule has 2 rings (SSSR count). The molecular weight excluding hydrogens is 276 g/mol. The van der Waals surface area contributed by atoms with E-state index in [1.807, 2.05) is 0 Å². The molecule has 1 aliphatic rings. The number of hydrogen-bond acceptors (Lipinski definition) is 4. The van der Waals surface area contributed by atoms with E-state index < -0.39 is 0 Å². The molecule has 0 unspecified atom stereocenters. The molecule has 0 saturated carbocycles. The predicted molar refractivity (Wildman–Crippen MR) is 81.6 cm³/mol. The second kappa shape index (κ2) is 7.16. The number of phenolic OH excluding ortho intramolecular Hbond substituents is 1. The van der Waals surface area contributed by atoms with Crippen molar-refractivity contribution in [2.45, 2.75) is 32.4 Å². The van der Waals surface area contributed by atoms with Crippen LogP contribution < -0.4 is 10.1 Å². The Balaban J connectivity index is 1.93. The molecule has 0 spiro atoms. The van der Waals surface area contributed by atoms with Crippen molar-refractivity contribution < 1.29 is 9.84 Å². The maximum absolute atomic E-state index is 10.1. The van der Waals surface area contributed by atoms with Gasteiger partial charge in [0.2, 0.25) is 0 Å². The molecule has 1 fully saturated rings. The van der Waals surface area contributed by atoms with Crippen molar-refractivity contribution in [2.24, 2.45) is 0 Å². The molecule has 4 nitrogen and oxygen atoms in total. The van der Waals surface area contributed by atoms with Gasteiger partial charge >= 0.3 is 0 Å². The van der Waals surface area contributed by atoms with Crippen LogP contribution in [0, 0.1) is 0 Å². The first-order valence-corrected chi connectivity index (χ1v) is 7.53. The van der Waals surface area contributed by atoms with Gasteiger partial charge in [0.05, 0.1) is 7.11 Å². The Bertz CT molecular complexity index is 446. The zero-order valence-corrected chi connectivity index (χ0v) is 12.9. The van der Waals surface area contributed by atoms with E-state index in [9.17, 15) is 5.11 Å². The van der Waals surface area contributed by atoms with Crippen LogP contribution in [0.15, 0.2) is 12.1 Å². The van der Waals surface area contributed by atoms with Gasteiger partial charge in [-0.2, -0.15) is 0 Å². The first kappa shape index (κ1) is 15.4. The van der Waals surface area contributed by atoms with E-state index in [0.29, 0.717) is 23.4 Å². The first-order valence-electron chi connectivity index (χ1n) is 7.15. The third-order valence-corrected chi connectivity index (χ3v) is 4.17. The Morgan fingerprint density at radius 1 is 1.40 bits per heavy atom. The highest BCUT2D eigenvalue weighted by Crippen LogP contribution is 2.33. The molecule has 1 aromatic rings. The van der Waals surface area contributed by atoms with Crippen LogP contribution in [0.25, 0.3) is 0 Å². The Morgan fingerprint density at radius 3 is 2.70 bits per heavy atom. The highest BCUT2D eigenvalue weighted by molar-refractivity contribution is 6.30. The molecule has 1 heterocycles. The third kappa shape index (κ3) is 3.78. The van der Waals surface area contributed by atoms with Crippen LogP contribution in [0.3, 0.4) is 0 Å². The molecule has 112 valence electrons. The number of piperidine rings is 1. The minimum Gasteiger partial charge on any atom is -0.504 e. The van der Waals surface area contributed by atoms with Crippen LogP contribution in [-0.2, 0) is 6.54 Å². The smallest absolute Gasteiger partial charge is 0.162 e. The van der Waals surface area contributed by atoms with E-state index >= 15 is 0 Å². The number of likely N-dealkylation sites (tertiary alicyclic amines) is 1. The third-order valence-electron chi connectivity index (χ3n) is 3.95. The average molecular weight is 299 g/mol. The summed E-state index contributed by atoms with van der Waals surface area (Å²) in [5.74, 6) is 0.602. The fourth-order valence-electron chi connectivity index (χ4n) is 2.63. The number of benzene rings is 1. The lowest BCUT2D eigenvalue weighted by Crippen LogP contribution is -2.42. The standard InChI is InChI=1S/C15H23ClN2O2/c1-3-18-6-4-13(5-7-18)17-10-11-8-12(16)9-14(20-2)15(11)19/h8-9,13,17,19H,3-7,10H2,1-2H3. The number of phenols is 1. The fourth-order valence-corrected chi connectivity index (χ4v) is 2.86. The molecule has 2 N–H and O–H groups in total. The normalized spacial score (nSPS) is 17.4. The fraction of sp³-hybridized carbons (Fsp3) is 0.600. The molecule has 0 amide bonds. The van der Waals surface area contributed by atoms with Crippen molar-refractivity contribution in [3.05, 3.63) is 22.7 Å². The highest BCUT2D eigenvalue weighted by Gasteiger charge is 2.18. The molecule has 1 saturated heterocycles. The van der Waals surface area contributed by atoms with Gasteiger partial charge in [-0.05, 0) is 38.5 Å². The zero-order chi connectivity index (χ0) is 14.5. The van der Waals surface area contributed by atoms with Crippen molar-refractivity contribution in [1.82, 2.24) is 10.2 Å². The zero-order valence-electron chi connectivity index (χ0n) is 12.2. The highest BCUT2D eigenvalue weighted by atomic mass is 35.5. The summed E-state index contributed by atoms with van der Waals surface area (Å²) < 4.78 is 5.12. The summed E-state index contributed by atoms with van der Waals surface area (Å²) in [7, 11) is 1.53. The lowest BCUT2D eigenvalue weighted by atomic mass is 10.0. The number of halogens is 1. The van der Waals surface area contributed by atoms with E-state index in [-0.39, 0.29) is 5.75 Å². The van der Waals surface area contributed by atoms with Gasteiger partial charge < -0.3 is 20.1 Å². The van der Waals surface area contributed by atoms with Gasteiger partial charge in [0.1, 0.15) is 0 Å².